The maximum Gasteiger partial charge on any atom is 0.234 e. The first-order chi connectivity index (χ1) is 15.1. The lowest BCUT2D eigenvalue weighted by Gasteiger charge is -2.14. The molecule has 0 fully saturated rings. The fourth-order valence-electron chi connectivity index (χ4n) is 2.59. The standard InChI is InChI=1S/C20H22N4O5S2/c1-26-14-7-5-12(6-8-14)22-19-23-24-20(31-19)30-11-17(25)21-13-9-15(27-2)18(29-4)16(10-13)28-3/h5-10H,11H2,1-4H3,(H,21,25)(H,22,23). The molecule has 9 nitrogen and oxygen atoms in total. The number of hydrogen-bond donors (Lipinski definition) is 2. The number of ether oxygens (including phenoxy) is 4. The van der Waals surface area contributed by atoms with Gasteiger partial charge >= 0.3 is 0 Å². The van der Waals surface area contributed by atoms with E-state index in [1.807, 2.05) is 24.3 Å². The van der Waals surface area contributed by atoms with Crippen LogP contribution in [0.3, 0.4) is 0 Å². The van der Waals surface area contributed by atoms with Gasteiger partial charge in [-0.3, -0.25) is 4.79 Å². The van der Waals surface area contributed by atoms with Crippen LogP contribution in [0.2, 0.25) is 0 Å². The lowest BCUT2D eigenvalue weighted by molar-refractivity contribution is -0.113. The number of nitrogens with one attached hydrogen (secondary N) is 2. The second kappa shape index (κ2) is 10.7. The lowest BCUT2D eigenvalue weighted by atomic mass is 10.2. The summed E-state index contributed by atoms with van der Waals surface area (Å²) in [6, 6.07) is 10.8. The first-order valence-corrected chi connectivity index (χ1v) is 10.8. The van der Waals surface area contributed by atoms with Crippen LogP contribution in [0.4, 0.5) is 16.5 Å². The summed E-state index contributed by atoms with van der Waals surface area (Å²) in [4.78, 5) is 12.4. The molecule has 11 heteroatoms. The van der Waals surface area contributed by atoms with Crippen LogP contribution < -0.4 is 29.6 Å². The smallest absolute Gasteiger partial charge is 0.234 e. The molecule has 1 amide bonds. The maximum absolute atomic E-state index is 12.4. The number of anilines is 3. The van der Waals surface area contributed by atoms with E-state index in [-0.39, 0.29) is 11.7 Å². The zero-order valence-electron chi connectivity index (χ0n) is 17.4. The zero-order valence-corrected chi connectivity index (χ0v) is 19.1. The first-order valence-electron chi connectivity index (χ1n) is 9.03. The highest BCUT2D eigenvalue weighted by molar-refractivity contribution is 8.01. The van der Waals surface area contributed by atoms with Gasteiger partial charge < -0.3 is 29.6 Å². The van der Waals surface area contributed by atoms with Gasteiger partial charge in [0.25, 0.3) is 0 Å². The highest BCUT2D eigenvalue weighted by atomic mass is 32.2. The van der Waals surface area contributed by atoms with Crippen LogP contribution >= 0.6 is 23.1 Å². The predicted octanol–water partition coefficient (Wildman–Crippen LogP) is 4.05. The molecule has 0 saturated heterocycles. The number of carbonyl (C=O) groups excluding carboxylic acids is 1. The minimum absolute atomic E-state index is 0.174. The molecule has 0 unspecified atom stereocenters. The fourth-order valence-corrected chi connectivity index (χ4v) is 4.17. The number of carbonyl (C=O) groups is 1. The van der Waals surface area contributed by atoms with Gasteiger partial charge in [0, 0.05) is 23.5 Å². The van der Waals surface area contributed by atoms with E-state index in [1.54, 1.807) is 19.2 Å². The van der Waals surface area contributed by atoms with Gasteiger partial charge in [-0.2, -0.15) is 0 Å². The van der Waals surface area contributed by atoms with Crippen LogP contribution in [-0.2, 0) is 4.79 Å². The maximum atomic E-state index is 12.4. The minimum Gasteiger partial charge on any atom is -0.497 e. The molecule has 31 heavy (non-hydrogen) atoms. The Morgan fingerprint density at radius 2 is 1.61 bits per heavy atom. The van der Waals surface area contributed by atoms with Gasteiger partial charge in [0.15, 0.2) is 15.8 Å². The number of amides is 1. The number of aromatic nitrogens is 2. The Morgan fingerprint density at radius 1 is 0.935 bits per heavy atom. The Morgan fingerprint density at radius 3 is 2.19 bits per heavy atom. The molecule has 0 saturated carbocycles. The molecule has 1 heterocycles. The van der Waals surface area contributed by atoms with Crippen molar-refractivity contribution in [2.24, 2.45) is 0 Å². The average Bonchev–Trinajstić information content (AvgIpc) is 3.24. The van der Waals surface area contributed by atoms with Crippen molar-refractivity contribution in [1.29, 1.82) is 0 Å². The monoisotopic (exact) mass is 462 g/mol. The summed E-state index contributed by atoms with van der Waals surface area (Å²) in [5.74, 6) is 2.14. The average molecular weight is 463 g/mol. The van der Waals surface area contributed by atoms with Gasteiger partial charge in [0.05, 0.1) is 34.2 Å². The second-order valence-corrected chi connectivity index (χ2v) is 8.18. The highest BCUT2D eigenvalue weighted by Gasteiger charge is 2.15. The van der Waals surface area contributed by atoms with Gasteiger partial charge in [-0.15, -0.1) is 10.2 Å². The number of methoxy groups -OCH3 is 4. The Bertz CT molecular complexity index is 1000. The molecular weight excluding hydrogens is 440 g/mol. The van der Waals surface area contributed by atoms with Crippen LogP contribution in [0.25, 0.3) is 0 Å². The van der Waals surface area contributed by atoms with Crippen molar-refractivity contribution in [1.82, 2.24) is 10.2 Å². The van der Waals surface area contributed by atoms with Crippen molar-refractivity contribution >= 4 is 45.5 Å². The summed E-state index contributed by atoms with van der Waals surface area (Å²) in [5, 5.41) is 14.9. The van der Waals surface area contributed by atoms with Gasteiger partial charge in [-0.1, -0.05) is 23.1 Å². The topological polar surface area (TPSA) is 104 Å². The van der Waals surface area contributed by atoms with E-state index in [1.165, 1.54) is 44.4 Å². The van der Waals surface area contributed by atoms with Crippen LogP contribution in [0.5, 0.6) is 23.0 Å². The summed E-state index contributed by atoms with van der Waals surface area (Å²) >= 11 is 2.66. The van der Waals surface area contributed by atoms with Crippen molar-refractivity contribution < 1.29 is 23.7 Å². The van der Waals surface area contributed by atoms with E-state index in [0.29, 0.717) is 32.4 Å². The molecule has 0 atom stereocenters. The quantitative estimate of drug-likeness (QED) is 0.432. The molecule has 0 aliphatic carbocycles. The molecule has 0 spiro atoms. The van der Waals surface area contributed by atoms with Crippen molar-refractivity contribution in [2.45, 2.75) is 4.34 Å². The molecule has 3 rings (SSSR count). The van der Waals surface area contributed by atoms with Gasteiger partial charge in [-0.05, 0) is 24.3 Å². The molecule has 0 aliphatic heterocycles. The van der Waals surface area contributed by atoms with Crippen LogP contribution in [0.15, 0.2) is 40.7 Å². The Labute approximate surface area is 188 Å². The largest absolute Gasteiger partial charge is 0.497 e. The van der Waals surface area contributed by atoms with E-state index in [0.717, 1.165) is 11.4 Å². The van der Waals surface area contributed by atoms with E-state index >= 15 is 0 Å². The van der Waals surface area contributed by atoms with E-state index in [9.17, 15) is 4.79 Å². The normalized spacial score (nSPS) is 10.3. The highest BCUT2D eigenvalue weighted by Crippen LogP contribution is 2.40. The number of benzene rings is 2. The first kappa shape index (κ1) is 22.5. The SMILES string of the molecule is COc1ccc(Nc2nnc(SCC(=O)Nc3cc(OC)c(OC)c(OC)c3)s2)cc1. The van der Waals surface area contributed by atoms with E-state index in [4.69, 9.17) is 18.9 Å². The molecule has 1 aromatic heterocycles. The van der Waals surface area contributed by atoms with Crippen molar-refractivity contribution in [3.05, 3.63) is 36.4 Å². The predicted molar refractivity (Wildman–Crippen MR) is 122 cm³/mol. The number of nitrogens with zero attached hydrogens (tertiary/aromatic N) is 2. The third-order valence-corrected chi connectivity index (χ3v) is 5.99. The van der Waals surface area contributed by atoms with Crippen molar-refractivity contribution in [3.8, 4) is 23.0 Å². The molecule has 2 aromatic carbocycles. The molecule has 2 N–H and O–H groups in total. The van der Waals surface area contributed by atoms with Gasteiger partial charge in [0.1, 0.15) is 5.75 Å². The summed E-state index contributed by atoms with van der Waals surface area (Å²) in [7, 11) is 6.18. The number of thioether (sulfide) groups is 1. The summed E-state index contributed by atoms with van der Waals surface area (Å²) in [6.45, 7) is 0. The van der Waals surface area contributed by atoms with E-state index < -0.39 is 0 Å². The number of rotatable bonds is 10. The van der Waals surface area contributed by atoms with Crippen LogP contribution in [-0.4, -0.2) is 50.3 Å². The summed E-state index contributed by atoms with van der Waals surface area (Å²) < 4.78 is 21.7. The summed E-state index contributed by atoms with van der Waals surface area (Å²) in [6.07, 6.45) is 0. The third-order valence-electron chi connectivity index (χ3n) is 4.02. The molecule has 0 radical (unpaired) electrons. The molecule has 0 aliphatic rings. The lowest BCUT2D eigenvalue weighted by Crippen LogP contribution is -2.14. The van der Waals surface area contributed by atoms with Crippen LogP contribution in [0.1, 0.15) is 0 Å². The van der Waals surface area contributed by atoms with E-state index in [2.05, 4.69) is 20.8 Å². The second-order valence-electron chi connectivity index (χ2n) is 5.98. The molecule has 0 bridgehead atoms. The van der Waals surface area contributed by atoms with Crippen molar-refractivity contribution in [2.75, 3.05) is 44.8 Å². The Hall–Kier alpha value is -3.18. The van der Waals surface area contributed by atoms with Crippen LogP contribution in [0, 0.1) is 0 Å². The summed E-state index contributed by atoms with van der Waals surface area (Å²) in [5.41, 5.74) is 1.41. The fraction of sp³-hybridized carbons (Fsp3) is 0.250. The zero-order chi connectivity index (χ0) is 22.2. The Kier molecular flexibility index (Phi) is 7.79. The molecular formula is C20H22N4O5S2. The minimum atomic E-state index is -0.195. The molecule has 164 valence electrons. The third kappa shape index (κ3) is 5.92. The number of hydrogen-bond acceptors (Lipinski definition) is 10. The molecule has 3 aromatic rings. The van der Waals surface area contributed by atoms with Crippen molar-refractivity contribution in [3.63, 3.8) is 0 Å². The van der Waals surface area contributed by atoms with Gasteiger partial charge in [-0.25, -0.2) is 0 Å². The van der Waals surface area contributed by atoms with Gasteiger partial charge in [0.2, 0.25) is 16.8 Å². The Balaban J connectivity index is 1.56.